The second kappa shape index (κ2) is 10.5. The molecule has 1 amide bonds. The van der Waals surface area contributed by atoms with Crippen molar-refractivity contribution in [3.8, 4) is 11.8 Å². The molecule has 0 aliphatic carbocycles. The van der Waals surface area contributed by atoms with E-state index in [1.807, 2.05) is 77.7 Å². The number of hydrogen-bond donors (Lipinski definition) is 1. The van der Waals surface area contributed by atoms with Gasteiger partial charge in [0.05, 0.1) is 11.6 Å². The van der Waals surface area contributed by atoms with E-state index in [-0.39, 0.29) is 5.91 Å². The summed E-state index contributed by atoms with van der Waals surface area (Å²) in [6.07, 6.45) is 3.32. The Morgan fingerprint density at radius 1 is 0.969 bits per heavy atom. The van der Waals surface area contributed by atoms with Crippen LogP contribution in [0.3, 0.4) is 0 Å². The van der Waals surface area contributed by atoms with Crippen LogP contribution in [0.4, 0.5) is 5.69 Å². The number of ether oxygens (including phenoxy) is 1. The highest BCUT2D eigenvalue weighted by atomic mass is 16.5. The lowest BCUT2D eigenvalue weighted by atomic mass is 10.0. The Morgan fingerprint density at radius 3 is 2.44 bits per heavy atom. The quantitative estimate of drug-likeness (QED) is 0.558. The maximum absolute atomic E-state index is 13.3. The Balaban J connectivity index is 1.44. The molecule has 1 aliphatic heterocycles. The molecule has 0 spiro atoms. The molecule has 1 aliphatic rings. The number of amides is 1. The van der Waals surface area contributed by atoms with E-state index in [1.165, 1.54) is 6.42 Å². The molecule has 0 aromatic heterocycles. The molecule has 0 bridgehead atoms. The fraction of sp³-hybridized carbons (Fsp3) is 0.259. The van der Waals surface area contributed by atoms with Crippen molar-refractivity contribution in [3.63, 3.8) is 0 Å². The maximum Gasteiger partial charge on any atom is 0.249 e. The van der Waals surface area contributed by atoms with Crippen LogP contribution in [0, 0.1) is 11.3 Å². The standard InChI is InChI=1S/C27H27N3O2/c28-19-21-8-7-9-22(18-21)20-32-25-14-12-24(13-15-25)29-26(23-10-3-1-4-11-23)27(31)30-16-5-2-6-17-30/h1,3-4,7-15,18,26,29H,2,5-6,16-17,20H2. The second-order valence-electron chi connectivity index (χ2n) is 8.00. The average molecular weight is 426 g/mol. The van der Waals surface area contributed by atoms with Gasteiger partial charge in [0.25, 0.3) is 0 Å². The fourth-order valence-corrected chi connectivity index (χ4v) is 3.94. The number of carbonyl (C=O) groups is 1. The molecular weight excluding hydrogens is 398 g/mol. The lowest BCUT2D eigenvalue weighted by molar-refractivity contribution is -0.133. The minimum absolute atomic E-state index is 0.119. The molecule has 3 aromatic carbocycles. The van der Waals surface area contributed by atoms with Crippen LogP contribution in [-0.2, 0) is 11.4 Å². The number of nitrogens with zero attached hydrogens (tertiary/aromatic N) is 2. The van der Waals surface area contributed by atoms with Crippen molar-refractivity contribution in [1.29, 1.82) is 5.26 Å². The Bertz CT molecular complexity index is 1070. The summed E-state index contributed by atoms with van der Waals surface area (Å²) in [7, 11) is 0. The van der Waals surface area contributed by atoms with E-state index in [4.69, 9.17) is 10.00 Å². The molecule has 1 unspecified atom stereocenters. The van der Waals surface area contributed by atoms with Gasteiger partial charge < -0.3 is 15.0 Å². The number of rotatable bonds is 7. The molecule has 32 heavy (non-hydrogen) atoms. The number of piperidine rings is 1. The van der Waals surface area contributed by atoms with Crippen molar-refractivity contribution in [1.82, 2.24) is 4.90 Å². The van der Waals surface area contributed by atoms with Crippen molar-refractivity contribution >= 4 is 11.6 Å². The van der Waals surface area contributed by atoms with Gasteiger partial charge in [-0.15, -0.1) is 0 Å². The predicted molar refractivity (Wildman–Crippen MR) is 125 cm³/mol. The molecule has 1 fully saturated rings. The predicted octanol–water partition coefficient (Wildman–Crippen LogP) is 5.30. The highest BCUT2D eigenvalue weighted by molar-refractivity contribution is 5.86. The summed E-state index contributed by atoms with van der Waals surface area (Å²) in [6, 6.07) is 26.6. The van der Waals surface area contributed by atoms with Crippen LogP contribution >= 0.6 is 0 Å². The van der Waals surface area contributed by atoms with E-state index in [9.17, 15) is 4.79 Å². The minimum Gasteiger partial charge on any atom is -0.489 e. The fourth-order valence-electron chi connectivity index (χ4n) is 3.94. The minimum atomic E-state index is -0.421. The molecule has 162 valence electrons. The summed E-state index contributed by atoms with van der Waals surface area (Å²) in [5, 5.41) is 12.5. The molecule has 5 nitrogen and oxygen atoms in total. The summed E-state index contributed by atoms with van der Waals surface area (Å²) in [5.41, 5.74) is 3.39. The maximum atomic E-state index is 13.3. The van der Waals surface area contributed by atoms with Gasteiger partial charge in [-0.25, -0.2) is 0 Å². The molecule has 0 saturated carbocycles. The van der Waals surface area contributed by atoms with Crippen LogP contribution in [0.15, 0.2) is 78.9 Å². The van der Waals surface area contributed by atoms with Gasteiger partial charge in [-0.1, -0.05) is 42.5 Å². The zero-order valence-electron chi connectivity index (χ0n) is 18.0. The molecule has 3 aromatic rings. The number of likely N-dealkylation sites (tertiary alicyclic amines) is 1. The van der Waals surface area contributed by atoms with Gasteiger partial charge in [0.1, 0.15) is 18.4 Å². The number of nitriles is 1. The number of nitrogens with one attached hydrogen (secondary N) is 1. The smallest absolute Gasteiger partial charge is 0.249 e. The van der Waals surface area contributed by atoms with Crippen molar-refractivity contribution < 1.29 is 9.53 Å². The van der Waals surface area contributed by atoms with Crippen LogP contribution in [0.1, 0.15) is 42.0 Å². The summed E-state index contributed by atoms with van der Waals surface area (Å²) < 4.78 is 5.87. The summed E-state index contributed by atoms with van der Waals surface area (Å²) in [5.74, 6) is 0.852. The van der Waals surface area contributed by atoms with Crippen LogP contribution < -0.4 is 10.1 Å². The van der Waals surface area contributed by atoms with Crippen molar-refractivity contribution in [3.05, 3.63) is 95.6 Å². The lowest BCUT2D eigenvalue weighted by Crippen LogP contribution is -2.41. The van der Waals surface area contributed by atoms with E-state index >= 15 is 0 Å². The number of hydrogen-bond acceptors (Lipinski definition) is 4. The van der Waals surface area contributed by atoms with E-state index in [0.29, 0.717) is 12.2 Å². The van der Waals surface area contributed by atoms with Gasteiger partial charge in [0.2, 0.25) is 5.91 Å². The normalized spacial score (nSPS) is 14.3. The lowest BCUT2D eigenvalue weighted by Gasteiger charge is -2.31. The van der Waals surface area contributed by atoms with E-state index in [2.05, 4.69) is 11.4 Å². The molecule has 0 radical (unpaired) electrons. The Kier molecular flexibility index (Phi) is 7.04. The highest BCUT2D eigenvalue weighted by Gasteiger charge is 2.26. The zero-order chi connectivity index (χ0) is 22.2. The zero-order valence-corrected chi connectivity index (χ0v) is 18.0. The van der Waals surface area contributed by atoms with Gasteiger partial charge in [0.15, 0.2) is 0 Å². The summed E-state index contributed by atoms with van der Waals surface area (Å²) >= 11 is 0. The third-order valence-electron chi connectivity index (χ3n) is 5.67. The Labute approximate surface area is 189 Å². The topological polar surface area (TPSA) is 65.4 Å². The molecule has 1 heterocycles. The van der Waals surface area contributed by atoms with Gasteiger partial charge in [-0.05, 0) is 66.8 Å². The summed E-state index contributed by atoms with van der Waals surface area (Å²) in [6.45, 7) is 2.04. The van der Waals surface area contributed by atoms with Crippen molar-refractivity contribution in [2.75, 3.05) is 18.4 Å². The van der Waals surface area contributed by atoms with Crippen molar-refractivity contribution in [2.24, 2.45) is 0 Å². The third-order valence-corrected chi connectivity index (χ3v) is 5.67. The molecule has 4 rings (SSSR count). The molecule has 1 N–H and O–H groups in total. The number of benzene rings is 3. The largest absolute Gasteiger partial charge is 0.489 e. The van der Waals surface area contributed by atoms with E-state index < -0.39 is 6.04 Å². The monoisotopic (exact) mass is 425 g/mol. The first-order valence-corrected chi connectivity index (χ1v) is 11.0. The van der Waals surface area contributed by atoms with Gasteiger partial charge in [-0.3, -0.25) is 4.79 Å². The molecule has 1 saturated heterocycles. The average Bonchev–Trinajstić information content (AvgIpc) is 2.87. The van der Waals surface area contributed by atoms with Gasteiger partial charge in [0, 0.05) is 18.8 Å². The van der Waals surface area contributed by atoms with Crippen LogP contribution in [0.2, 0.25) is 0 Å². The van der Waals surface area contributed by atoms with Gasteiger partial charge >= 0.3 is 0 Å². The van der Waals surface area contributed by atoms with Crippen LogP contribution in [0.5, 0.6) is 5.75 Å². The molecular formula is C27H27N3O2. The van der Waals surface area contributed by atoms with Gasteiger partial charge in [-0.2, -0.15) is 5.26 Å². The number of carbonyl (C=O) groups excluding carboxylic acids is 1. The SMILES string of the molecule is N#Cc1cccc(COc2ccc(NC(C(=O)N3CCCCC3)c3ccccc3)cc2)c1. The number of anilines is 1. The Hall–Kier alpha value is -3.78. The first-order chi connectivity index (χ1) is 15.7. The third kappa shape index (κ3) is 5.47. The Morgan fingerprint density at radius 2 is 1.72 bits per heavy atom. The first-order valence-electron chi connectivity index (χ1n) is 11.0. The molecule has 5 heteroatoms. The van der Waals surface area contributed by atoms with Crippen molar-refractivity contribution in [2.45, 2.75) is 31.9 Å². The second-order valence-corrected chi connectivity index (χ2v) is 8.00. The summed E-state index contributed by atoms with van der Waals surface area (Å²) in [4.78, 5) is 15.3. The first kappa shape index (κ1) is 21.5. The van der Waals surface area contributed by atoms with Crippen LogP contribution in [0.25, 0.3) is 0 Å². The molecule has 1 atom stereocenters. The van der Waals surface area contributed by atoms with E-state index in [0.717, 1.165) is 48.5 Å². The van der Waals surface area contributed by atoms with Crippen LogP contribution in [-0.4, -0.2) is 23.9 Å². The highest BCUT2D eigenvalue weighted by Crippen LogP contribution is 2.25. The van der Waals surface area contributed by atoms with E-state index in [1.54, 1.807) is 6.07 Å².